The number of hydrogen-bond acceptors (Lipinski definition) is 2. The second-order valence-electron chi connectivity index (χ2n) is 4.87. The number of nitrogens with zero attached hydrogens (tertiary/aromatic N) is 2. The van der Waals surface area contributed by atoms with E-state index in [-0.39, 0.29) is 0 Å². The molecule has 0 aliphatic rings. The highest BCUT2D eigenvalue weighted by molar-refractivity contribution is 7.79. The Labute approximate surface area is 108 Å². The molecule has 0 spiro atoms. The van der Waals surface area contributed by atoms with Gasteiger partial charge in [0.2, 0.25) is 0 Å². The third kappa shape index (κ3) is 2.49. The number of imidazole rings is 1. The molecule has 92 valence electrons. The summed E-state index contributed by atoms with van der Waals surface area (Å²) in [6.45, 7) is 7.65. The van der Waals surface area contributed by atoms with Crippen molar-refractivity contribution in [3.63, 3.8) is 0 Å². The van der Waals surface area contributed by atoms with E-state index in [1.807, 2.05) is 0 Å². The topological polar surface area (TPSA) is 17.8 Å². The Kier molecular flexibility index (Phi) is 3.77. The van der Waals surface area contributed by atoms with Gasteiger partial charge in [-0.1, -0.05) is 26.8 Å². The molecular formula is C14H20N2S. The van der Waals surface area contributed by atoms with Crippen LogP contribution in [0.5, 0.6) is 0 Å². The summed E-state index contributed by atoms with van der Waals surface area (Å²) in [7, 11) is 0. The van der Waals surface area contributed by atoms with Crippen LogP contribution in [0.1, 0.15) is 32.2 Å². The highest BCUT2D eigenvalue weighted by atomic mass is 32.1. The minimum atomic E-state index is 0.622. The van der Waals surface area contributed by atoms with Gasteiger partial charge in [0.1, 0.15) is 5.82 Å². The van der Waals surface area contributed by atoms with Crippen LogP contribution in [0, 0.1) is 5.92 Å². The van der Waals surface area contributed by atoms with Crippen LogP contribution in [0.15, 0.2) is 18.2 Å². The molecule has 0 atom stereocenters. The highest BCUT2D eigenvalue weighted by Crippen LogP contribution is 2.20. The van der Waals surface area contributed by atoms with Crippen molar-refractivity contribution in [2.45, 2.75) is 39.5 Å². The molecule has 0 fully saturated rings. The minimum Gasteiger partial charge on any atom is -0.327 e. The summed E-state index contributed by atoms with van der Waals surface area (Å²) in [6.07, 6.45) is 1.06. The maximum Gasteiger partial charge on any atom is 0.119 e. The second-order valence-corrected chi connectivity index (χ2v) is 5.18. The number of fused-ring (bicyclic) bond motifs is 1. The largest absolute Gasteiger partial charge is 0.327 e. The van der Waals surface area contributed by atoms with Crippen LogP contribution < -0.4 is 0 Å². The average molecular weight is 248 g/mol. The molecular weight excluding hydrogens is 228 g/mol. The lowest BCUT2D eigenvalue weighted by atomic mass is 10.1. The molecule has 3 heteroatoms. The van der Waals surface area contributed by atoms with Crippen LogP contribution in [0.3, 0.4) is 0 Å². The van der Waals surface area contributed by atoms with Crippen LogP contribution >= 0.6 is 12.6 Å². The predicted octanol–water partition coefficient (Wildman–Crippen LogP) is 3.68. The van der Waals surface area contributed by atoms with Gasteiger partial charge in [-0.25, -0.2) is 4.98 Å². The van der Waals surface area contributed by atoms with Gasteiger partial charge in [0.05, 0.1) is 11.0 Å². The molecule has 0 aliphatic carbocycles. The van der Waals surface area contributed by atoms with Crippen molar-refractivity contribution in [1.29, 1.82) is 0 Å². The second kappa shape index (κ2) is 5.13. The van der Waals surface area contributed by atoms with Gasteiger partial charge in [0, 0.05) is 12.3 Å². The molecule has 17 heavy (non-hydrogen) atoms. The van der Waals surface area contributed by atoms with Crippen molar-refractivity contribution >= 4 is 23.7 Å². The molecule has 0 aliphatic heterocycles. The van der Waals surface area contributed by atoms with E-state index >= 15 is 0 Å². The van der Waals surface area contributed by atoms with Gasteiger partial charge in [0.15, 0.2) is 0 Å². The number of thiol groups is 1. The van der Waals surface area contributed by atoms with Crippen LogP contribution in [0.4, 0.5) is 0 Å². The van der Waals surface area contributed by atoms with E-state index in [0.29, 0.717) is 11.7 Å². The third-order valence-corrected chi connectivity index (χ3v) is 3.27. The Morgan fingerprint density at radius 2 is 2.12 bits per heavy atom. The fourth-order valence-corrected chi connectivity index (χ4v) is 2.38. The summed E-state index contributed by atoms with van der Waals surface area (Å²) in [4.78, 5) is 4.68. The minimum absolute atomic E-state index is 0.622. The highest BCUT2D eigenvalue weighted by Gasteiger charge is 2.10. The van der Waals surface area contributed by atoms with Gasteiger partial charge in [0.25, 0.3) is 0 Å². The number of aromatic nitrogens is 2. The first-order valence-electron chi connectivity index (χ1n) is 6.24. The lowest BCUT2D eigenvalue weighted by molar-refractivity contribution is 0.523. The van der Waals surface area contributed by atoms with E-state index in [9.17, 15) is 0 Å². The van der Waals surface area contributed by atoms with Gasteiger partial charge < -0.3 is 4.57 Å². The van der Waals surface area contributed by atoms with Crippen molar-refractivity contribution < 1.29 is 0 Å². The zero-order chi connectivity index (χ0) is 12.4. The summed E-state index contributed by atoms with van der Waals surface area (Å²) >= 11 is 4.38. The Morgan fingerprint density at radius 1 is 1.35 bits per heavy atom. The van der Waals surface area contributed by atoms with E-state index < -0.39 is 0 Å². The van der Waals surface area contributed by atoms with Crippen molar-refractivity contribution in [3.8, 4) is 0 Å². The fraction of sp³-hybridized carbons (Fsp3) is 0.500. The SMILES string of the molecule is CCc1ccc2c(c1)nc(CS)n2CC(C)C. The fourth-order valence-electron chi connectivity index (χ4n) is 2.13. The van der Waals surface area contributed by atoms with E-state index in [2.05, 4.69) is 61.2 Å². The number of benzene rings is 1. The summed E-state index contributed by atoms with van der Waals surface area (Å²) in [5.41, 5.74) is 3.69. The third-order valence-electron chi connectivity index (χ3n) is 2.99. The molecule has 1 heterocycles. The number of rotatable bonds is 4. The van der Waals surface area contributed by atoms with E-state index in [1.54, 1.807) is 0 Å². The van der Waals surface area contributed by atoms with Crippen molar-refractivity contribution in [1.82, 2.24) is 9.55 Å². The summed E-state index contributed by atoms with van der Waals surface area (Å²) < 4.78 is 2.30. The zero-order valence-electron chi connectivity index (χ0n) is 10.8. The normalized spacial score (nSPS) is 11.6. The molecule has 0 amide bonds. The molecule has 0 N–H and O–H groups in total. The van der Waals surface area contributed by atoms with E-state index in [1.165, 1.54) is 11.1 Å². The summed E-state index contributed by atoms with van der Waals surface area (Å²) in [5.74, 6) is 2.39. The molecule has 0 saturated carbocycles. The molecule has 2 nitrogen and oxygen atoms in total. The Bertz CT molecular complexity index is 514. The van der Waals surface area contributed by atoms with Crippen LogP contribution in [0.2, 0.25) is 0 Å². The average Bonchev–Trinajstić information content (AvgIpc) is 2.65. The van der Waals surface area contributed by atoms with E-state index in [4.69, 9.17) is 0 Å². The molecule has 0 radical (unpaired) electrons. The lowest BCUT2D eigenvalue weighted by Gasteiger charge is -2.10. The van der Waals surface area contributed by atoms with Crippen LogP contribution in [-0.2, 0) is 18.7 Å². The first kappa shape index (κ1) is 12.5. The van der Waals surface area contributed by atoms with Crippen LogP contribution in [-0.4, -0.2) is 9.55 Å². The molecule has 1 aromatic heterocycles. The number of hydrogen-bond donors (Lipinski definition) is 1. The smallest absolute Gasteiger partial charge is 0.119 e. The quantitative estimate of drug-likeness (QED) is 0.817. The molecule has 0 unspecified atom stereocenters. The Morgan fingerprint density at radius 3 is 2.71 bits per heavy atom. The van der Waals surface area contributed by atoms with Gasteiger partial charge in [-0.05, 0) is 30.0 Å². The molecule has 0 saturated heterocycles. The lowest BCUT2D eigenvalue weighted by Crippen LogP contribution is -2.07. The van der Waals surface area contributed by atoms with Crippen molar-refractivity contribution in [2.24, 2.45) is 5.92 Å². The Hall–Kier alpha value is -0.960. The van der Waals surface area contributed by atoms with Crippen molar-refractivity contribution in [3.05, 3.63) is 29.6 Å². The molecule has 2 rings (SSSR count). The van der Waals surface area contributed by atoms with E-state index in [0.717, 1.165) is 24.3 Å². The van der Waals surface area contributed by atoms with Crippen LogP contribution in [0.25, 0.3) is 11.0 Å². The maximum atomic E-state index is 4.68. The number of aryl methyl sites for hydroxylation is 1. The summed E-state index contributed by atoms with van der Waals surface area (Å²) in [5, 5.41) is 0. The van der Waals surface area contributed by atoms with Gasteiger partial charge >= 0.3 is 0 Å². The van der Waals surface area contributed by atoms with Gasteiger partial charge in [-0.15, -0.1) is 0 Å². The maximum absolute atomic E-state index is 4.68. The predicted molar refractivity (Wildman–Crippen MR) is 76.6 cm³/mol. The van der Waals surface area contributed by atoms with Crippen molar-refractivity contribution in [2.75, 3.05) is 0 Å². The molecule has 1 aromatic carbocycles. The Balaban J connectivity index is 2.55. The van der Waals surface area contributed by atoms with Gasteiger partial charge in [-0.3, -0.25) is 0 Å². The molecule has 2 aromatic rings. The monoisotopic (exact) mass is 248 g/mol. The first-order chi connectivity index (χ1) is 8.15. The summed E-state index contributed by atoms with van der Waals surface area (Å²) in [6, 6.07) is 6.58. The molecule has 0 bridgehead atoms. The standard InChI is InChI=1S/C14H20N2S/c1-4-11-5-6-13-12(7-11)15-14(9-17)16(13)8-10(2)3/h5-7,10,17H,4,8-9H2,1-3H3. The first-order valence-corrected chi connectivity index (χ1v) is 6.87. The van der Waals surface area contributed by atoms with Gasteiger partial charge in [-0.2, -0.15) is 12.6 Å². The zero-order valence-corrected chi connectivity index (χ0v) is 11.7.